The normalized spacial score (nSPS) is 18.8. The van der Waals surface area contributed by atoms with Gasteiger partial charge >= 0.3 is 6.16 Å². The second-order valence-electron chi connectivity index (χ2n) is 5.75. The molecule has 0 spiro atoms. The Balaban J connectivity index is 1.49. The van der Waals surface area contributed by atoms with Crippen LogP contribution in [-0.2, 0) is 4.74 Å². The molecule has 0 amide bonds. The van der Waals surface area contributed by atoms with Crippen LogP contribution in [-0.4, -0.2) is 24.3 Å². The Hall–Kier alpha value is -3.09. The van der Waals surface area contributed by atoms with Crippen molar-refractivity contribution < 1.29 is 23.9 Å². The Morgan fingerprint density at radius 1 is 1.12 bits per heavy atom. The minimum absolute atomic E-state index is 0.0700. The lowest BCUT2D eigenvalue weighted by Gasteiger charge is -2.35. The average molecular weight is 343 g/mol. The first-order valence-corrected chi connectivity index (χ1v) is 7.82. The van der Waals surface area contributed by atoms with Crippen LogP contribution < -0.4 is 9.47 Å². The Bertz CT molecular complexity index is 767. The fraction of sp³-hybridized carbons (Fsp3) is 0.278. The Labute approximate surface area is 144 Å². The topological polar surface area (TPSA) is 87.9 Å². The third kappa shape index (κ3) is 3.88. The molecule has 0 bridgehead atoms. The number of ether oxygens (including phenoxy) is 3. The summed E-state index contributed by atoms with van der Waals surface area (Å²) >= 11 is 0. The van der Waals surface area contributed by atoms with Gasteiger partial charge in [-0.2, -0.15) is 0 Å². The van der Waals surface area contributed by atoms with Crippen LogP contribution in [0.5, 0.6) is 11.5 Å². The number of para-hydroxylation sites is 1. The lowest BCUT2D eigenvalue weighted by Crippen LogP contribution is -2.33. The molecule has 2 aromatic carbocycles. The van der Waals surface area contributed by atoms with Crippen molar-refractivity contribution in [3.63, 3.8) is 0 Å². The van der Waals surface area contributed by atoms with E-state index in [0.29, 0.717) is 12.8 Å². The van der Waals surface area contributed by atoms with E-state index in [4.69, 9.17) is 14.2 Å². The zero-order valence-electron chi connectivity index (χ0n) is 13.6. The maximum Gasteiger partial charge on any atom is 0.514 e. The van der Waals surface area contributed by atoms with E-state index in [-0.39, 0.29) is 23.5 Å². The zero-order chi connectivity index (χ0) is 17.8. The van der Waals surface area contributed by atoms with E-state index < -0.39 is 11.1 Å². The van der Waals surface area contributed by atoms with Gasteiger partial charge in [-0.25, -0.2) is 4.79 Å². The maximum absolute atomic E-state index is 11.8. The number of hydrogen-bond acceptors (Lipinski definition) is 6. The standard InChI is InChI=1S/C18H17NO6/c1-23-17-5-3-2-4-16(17)12-10-15(11-12)25-18(20)24-14-8-6-13(7-9-14)19(21)22/h2-9,12,15H,10-11H2,1H3. The number of benzene rings is 2. The van der Waals surface area contributed by atoms with Gasteiger partial charge in [-0.05, 0) is 42.5 Å². The van der Waals surface area contributed by atoms with Crippen LogP contribution >= 0.6 is 0 Å². The molecule has 7 nitrogen and oxygen atoms in total. The van der Waals surface area contributed by atoms with Crippen LogP contribution in [0.25, 0.3) is 0 Å². The van der Waals surface area contributed by atoms with Gasteiger partial charge in [0.15, 0.2) is 0 Å². The van der Waals surface area contributed by atoms with Crippen LogP contribution in [0.1, 0.15) is 24.3 Å². The average Bonchev–Trinajstić information content (AvgIpc) is 2.58. The predicted molar refractivity (Wildman–Crippen MR) is 89.0 cm³/mol. The van der Waals surface area contributed by atoms with Crippen molar-refractivity contribution in [1.29, 1.82) is 0 Å². The molecule has 1 aliphatic rings. The predicted octanol–water partition coefficient (Wildman–Crippen LogP) is 4.07. The van der Waals surface area contributed by atoms with Crippen molar-refractivity contribution in [2.24, 2.45) is 0 Å². The molecule has 2 aromatic rings. The van der Waals surface area contributed by atoms with E-state index in [1.165, 1.54) is 24.3 Å². The Kier molecular flexibility index (Phi) is 4.83. The van der Waals surface area contributed by atoms with Crippen LogP contribution in [0.4, 0.5) is 10.5 Å². The van der Waals surface area contributed by atoms with Gasteiger partial charge in [0.25, 0.3) is 5.69 Å². The molecule has 0 aliphatic heterocycles. The first-order chi connectivity index (χ1) is 12.1. The monoisotopic (exact) mass is 343 g/mol. The number of nitro benzene ring substituents is 1. The van der Waals surface area contributed by atoms with Crippen molar-refractivity contribution in [3.8, 4) is 11.5 Å². The molecule has 0 aromatic heterocycles. The highest BCUT2D eigenvalue weighted by Gasteiger charge is 2.35. The fourth-order valence-electron chi connectivity index (χ4n) is 2.81. The highest BCUT2D eigenvalue weighted by atomic mass is 16.7. The summed E-state index contributed by atoms with van der Waals surface area (Å²) in [7, 11) is 1.63. The number of nitro groups is 1. The molecule has 1 fully saturated rings. The van der Waals surface area contributed by atoms with Gasteiger partial charge in [-0.15, -0.1) is 0 Å². The molecule has 0 radical (unpaired) electrons. The molecular weight excluding hydrogens is 326 g/mol. The van der Waals surface area contributed by atoms with E-state index in [0.717, 1.165) is 11.3 Å². The largest absolute Gasteiger partial charge is 0.514 e. The molecular formula is C18H17NO6. The number of nitrogens with zero attached hydrogens (tertiary/aromatic N) is 1. The molecule has 0 saturated heterocycles. The first kappa shape index (κ1) is 16.8. The summed E-state index contributed by atoms with van der Waals surface area (Å²) in [5.41, 5.74) is 1.04. The van der Waals surface area contributed by atoms with E-state index >= 15 is 0 Å². The minimum atomic E-state index is -0.808. The van der Waals surface area contributed by atoms with Crippen molar-refractivity contribution in [2.75, 3.05) is 7.11 Å². The van der Waals surface area contributed by atoms with Crippen LogP contribution in [0.3, 0.4) is 0 Å². The lowest BCUT2D eigenvalue weighted by molar-refractivity contribution is -0.384. The van der Waals surface area contributed by atoms with Gasteiger partial charge in [-0.3, -0.25) is 10.1 Å². The highest BCUT2D eigenvalue weighted by Crippen LogP contribution is 2.42. The van der Waals surface area contributed by atoms with Crippen molar-refractivity contribution in [1.82, 2.24) is 0 Å². The van der Waals surface area contributed by atoms with Crippen LogP contribution in [0.15, 0.2) is 48.5 Å². The number of hydrogen-bond donors (Lipinski definition) is 0. The number of methoxy groups -OCH3 is 1. The Morgan fingerprint density at radius 2 is 1.80 bits per heavy atom. The molecule has 7 heteroatoms. The highest BCUT2D eigenvalue weighted by molar-refractivity contribution is 5.64. The van der Waals surface area contributed by atoms with Gasteiger partial charge in [0.05, 0.1) is 12.0 Å². The number of carbonyl (C=O) groups is 1. The molecule has 25 heavy (non-hydrogen) atoms. The van der Waals surface area contributed by atoms with Crippen LogP contribution in [0.2, 0.25) is 0 Å². The summed E-state index contributed by atoms with van der Waals surface area (Å²) in [5, 5.41) is 10.6. The third-order valence-corrected chi connectivity index (χ3v) is 4.19. The van der Waals surface area contributed by atoms with Gasteiger partial charge in [0, 0.05) is 12.1 Å². The van der Waals surface area contributed by atoms with E-state index in [2.05, 4.69) is 0 Å². The van der Waals surface area contributed by atoms with Crippen molar-refractivity contribution in [3.05, 3.63) is 64.2 Å². The molecule has 1 saturated carbocycles. The van der Waals surface area contributed by atoms with Crippen LogP contribution in [0, 0.1) is 10.1 Å². The van der Waals surface area contributed by atoms with Gasteiger partial charge in [-0.1, -0.05) is 18.2 Å². The van der Waals surface area contributed by atoms with Crippen molar-refractivity contribution in [2.45, 2.75) is 24.9 Å². The molecule has 0 unspecified atom stereocenters. The van der Waals surface area contributed by atoms with Crippen molar-refractivity contribution >= 4 is 11.8 Å². The molecule has 0 atom stereocenters. The van der Waals surface area contributed by atoms with E-state index in [9.17, 15) is 14.9 Å². The summed E-state index contributed by atoms with van der Waals surface area (Å²) < 4.78 is 15.6. The Morgan fingerprint density at radius 3 is 2.44 bits per heavy atom. The van der Waals surface area contributed by atoms with Gasteiger partial charge < -0.3 is 14.2 Å². The van der Waals surface area contributed by atoms with E-state index in [1.54, 1.807) is 7.11 Å². The fourth-order valence-corrected chi connectivity index (χ4v) is 2.81. The summed E-state index contributed by atoms with van der Waals surface area (Å²) in [4.78, 5) is 21.9. The van der Waals surface area contributed by atoms with Gasteiger partial charge in [0.1, 0.15) is 17.6 Å². The van der Waals surface area contributed by atoms with Gasteiger partial charge in [0.2, 0.25) is 0 Å². The molecule has 0 heterocycles. The van der Waals surface area contributed by atoms with E-state index in [1.807, 2.05) is 24.3 Å². The second kappa shape index (κ2) is 7.21. The summed E-state index contributed by atoms with van der Waals surface area (Å²) in [5.74, 6) is 1.32. The second-order valence-corrected chi connectivity index (χ2v) is 5.75. The zero-order valence-corrected chi connectivity index (χ0v) is 13.6. The quantitative estimate of drug-likeness (QED) is 0.352. The summed E-state index contributed by atoms with van der Waals surface area (Å²) in [6.45, 7) is 0. The molecule has 130 valence electrons. The summed E-state index contributed by atoms with van der Waals surface area (Å²) in [6.07, 6.45) is 0.392. The smallest absolute Gasteiger partial charge is 0.496 e. The number of non-ortho nitro benzene ring substituents is 1. The minimum Gasteiger partial charge on any atom is -0.496 e. The number of rotatable bonds is 5. The molecule has 1 aliphatic carbocycles. The SMILES string of the molecule is COc1ccccc1C1CC(OC(=O)Oc2ccc([N+](=O)[O-])cc2)C1. The summed E-state index contributed by atoms with van der Waals surface area (Å²) in [6, 6.07) is 13.0. The molecule has 3 rings (SSSR count). The molecule has 0 N–H and O–H groups in total. The lowest BCUT2D eigenvalue weighted by atomic mass is 9.77. The number of carbonyl (C=O) groups excluding carboxylic acids is 1. The third-order valence-electron chi connectivity index (χ3n) is 4.19. The first-order valence-electron chi connectivity index (χ1n) is 7.82. The maximum atomic E-state index is 11.8.